The van der Waals surface area contributed by atoms with E-state index in [1.807, 2.05) is 25.1 Å². The van der Waals surface area contributed by atoms with Crippen LogP contribution in [0.3, 0.4) is 0 Å². The monoisotopic (exact) mass is 398 g/mol. The molecule has 1 heterocycles. The first-order valence-corrected chi connectivity index (χ1v) is 10.3. The lowest BCUT2D eigenvalue weighted by molar-refractivity contribution is -0.115. The molecule has 25 heavy (non-hydrogen) atoms. The van der Waals surface area contributed by atoms with Gasteiger partial charge in [-0.2, -0.15) is 0 Å². The molecule has 2 rings (SSSR count). The second-order valence-corrected chi connectivity index (χ2v) is 8.19. The Morgan fingerprint density at radius 2 is 1.88 bits per heavy atom. The number of primary amides is 1. The van der Waals surface area contributed by atoms with Crippen LogP contribution in [0.25, 0.3) is 0 Å². The van der Waals surface area contributed by atoms with Gasteiger partial charge in [0, 0.05) is 0 Å². The van der Waals surface area contributed by atoms with Crippen molar-refractivity contribution in [3.05, 3.63) is 24.3 Å². The average Bonchev–Trinajstić information content (AvgIpc) is 3.05. The second-order valence-electron chi connectivity index (χ2n) is 4.77. The standard InChI is InChI=1S/C15H18N4O3S3/c1-2-7-22-11-6-4-3-5-10(11)17-13(21)9-24-15-19-18-14(25-15)23-8-12(16)20/h3-6H,2,7-9H2,1H3,(H2,16,20)(H,17,21). The van der Waals surface area contributed by atoms with E-state index in [0.717, 1.165) is 6.42 Å². The van der Waals surface area contributed by atoms with Crippen molar-refractivity contribution in [1.29, 1.82) is 0 Å². The number of anilines is 1. The van der Waals surface area contributed by atoms with Crippen molar-refractivity contribution in [2.45, 2.75) is 22.0 Å². The minimum Gasteiger partial charge on any atom is -0.491 e. The van der Waals surface area contributed by atoms with E-state index in [1.165, 1.54) is 34.9 Å². The van der Waals surface area contributed by atoms with Gasteiger partial charge in [0.15, 0.2) is 8.68 Å². The minimum atomic E-state index is -0.405. The highest BCUT2D eigenvalue weighted by Crippen LogP contribution is 2.29. The van der Waals surface area contributed by atoms with E-state index in [1.54, 1.807) is 6.07 Å². The lowest BCUT2D eigenvalue weighted by atomic mass is 10.3. The zero-order chi connectivity index (χ0) is 18.1. The molecule has 134 valence electrons. The summed E-state index contributed by atoms with van der Waals surface area (Å²) in [6, 6.07) is 7.33. The summed E-state index contributed by atoms with van der Waals surface area (Å²) in [7, 11) is 0. The predicted octanol–water partition coefficient (Wildman–Crippen LogP) is 2.64. The number of nitrogens with one attached hydrogen (secondary N) is 1. The summed E-state index contributed by atoms with van der Waals surface area (Å²) in [6.45, 7) is 2.62. The van der Waals surface area contributed by atoms with Crippen LogP contribution in [0.1, 0.15) is 13.3 Å². The Morgan fingerprint density at radius 1 is 1.20 bits per heavy atom. The average molecular weight is 399 g/mol. The molecule has 0 atom stereocenters. The molecule has 0 aliphatic carbocycles. The SMILES string of the molecule is CCCOc1ccccc1NC(=O)CSc1nnc(SCC(N)=O)s1. The number of para-hydroxylation sites is 2. The second kappa shape index (κ2) is 10.3. The maximum absolute atomic E-state index is 12.1. The van der Waals surface area contributed by atoms with Crippen molar-refractivity contribution < 1.29 is 14.3 Å². The summed E-state index contributed by atoms with van der Waals surface area (Å²) in [5.74, 6) is 0.464. The number of carbonyl (C=O) groups excluding carboxylic acids is 2. The van der Waals surface area contributed by atoms with Crippen LogP contribution in [-0.2, 0) is 9.59 Å². The Bertz CT molecular complexity index is 724. The number of carbonyl (C=O) groups is 2. The normalized spacial score (nSPS) is 10.4. The molecule has 1 aromatic carbocycles. The number of nitrogens with zero attached hydrogens (tertiary/aromatic N) is 2. The van der Waals surface area contributed by atoms with Crippen molar-refractivity contribution in [2.75, 3.05) is 23.4 Å². The summed E-state index contributed by atoms with van der Waals surface area (Å²) >= 11 is 3.85. The summed E-state index contributed by atoms with van der Waals surface area (Å²) < 4.78 is 6.93. The van der Waals surface area contributed by atoms with Gasteiger partial charge in [-0.25, -0.2) is 0 Å². The Morgan fingerprint density at radius 3 is 2.56 bits per heavy atom. The van der Waals surface area contributed by atoms with E-state index in [9.17, 15) is 9.59 Å². The van der Waals surface area contributed by atoms with Crippen LogP contribution >= 0.6 is 34.9 Å². The summed E-state index contributed by atoms with van der Waals surface area (Å²) in [5, 5.41) is 10.8. The number of amides is 2. The number of nitrogens with two attached hydrogens (primary N) is 1. The highest BCUT2D eigenvalue weighted by atomic mass is 32.2. The molecule has 0 unspecified atom stereocenters. The van der Waals surface area contributed by atoms with Gasteiger partial charge in [-0.05, 0) is 18.6 Å². The van der Waals surface area contributed by atoms with Gasteiger partial charge in [0.2, 0.25) is 11.8 Å². The zero-order valence-electron chi connectivity index (χ0n) is 13.6. The molecule has 10 heteroatoms. The van der Waals surface area contributed by atoms with Gasteiger partial charge >= 0.3 is 0 Å². The van der Waals surface area contributed by atoms with E-state index in [0.29, 0.717) is 26.7 Å². The molecule has 0 fully saturated rings. The van der Waals surface area contributed by atoms with Crippen LogP contribution in [-0.4, -0.2) is 40.1 Å². The van der Waals surface area contributed by atoms with E-state index in [2.05, 4.69) is 15.5 Å². The largest absolute Gasteiger partial charge is 0.491 e. The number of hydrogen-bond acceptors (Lipinski definition) is 8. The Kier molecular flexibility index (Phi) is 8.02. The van der Waals surface area contributed by atoms with Gasteiger partial charge in [0.1, 0.15) is 5.75 Å². The third-order valence-electron chi connectivity index (χ3n) is 2.68. The van der Waals surface area contributed by atoms with Crippen LogP contribution < -0.4 is 15.8 Å². The first-order valence-electron chi connectivity index (χ1n) is 7.47. The lowest BCUT2D eigenvalue weighted by Gasteiger charge is -2.11. The van der Waals surface area contributed by atoms with Crippen molar-refractivity contribution >= 4 is 52.4 Å². The fourth-order valence-electron chi connectivity index (χ4n) is 1.67. The van der Waals surface area contributed by atoms with Gasteiger partial charge in [-0.3, -0.25) is 9.59 Å². The third-order valence-corrected chi connectivity index (χ3v) is 5.89. The van der Waals surface area contributed by atoms with Crippen molar-refractivity contribution in [3.63, 3.8) is 0 Å². The molecule has 0 bridgehead atoms. The Labute approximate surface area is 158 Å². The zero-order valence-corrected chi connectivity index (χ0v) is 16.0. The highest BCUT2D eigenvalue weighted by Gasteiger charge is 2.11. The van der Waals surface area contributed by atoms with E-state index in [4.69, 9.17) is 10.5 Å². The van der Waals surface area contributed by atoms with Crippen molar-refractivity contribution in [1.82, 2.24) is 10.2 Å². The number of benzene rings is 1. The lowest BCUT2D eigenvalue weighted by Crippen LogP contribution is -2.15. The number of hydrogen-bond donors (Lipinski definition) is 2. The fraction of sp³-hybridized carbons (Fsp3) is 0.333. The topological polar surface area (TPSA) is 107 Å². The fourth-order valence-corrected chi connectivity index (χ4v) is 4.23. The quantitative estimate of drug-likeness (QED) is 0.592. The van der Waals surface area contributed by atoms with E-state index >= 15 is 0 Å². The number of thioether (sulfide) groups is 2. The van der Waals surface area contributed by atoms with Gasteiger partial charge in [-0.15, -0.1) is 10.2 Å². The molecule has 1 aromatic heterocycles. The highest BCUT2D eigenvalue weighted by molar-refractivity contribution is 8.03. The first kappa shape index (κ1) is 19.5. The van der Waals surface area contributed by atoms with E-state index in [-0.39, 0.29) is 17.4 Å². The van der Waals surface area contributed by atoms with Gasteiger partial charge in [0.25, 0.3) is 0 Å². The third kappa shape index (κ3) is 6.92. The molecule has 2 aromatic rings. The Balaban J connectivity index is 1.84. The summed E-state index contributed by atoms with van der Waals surface area (Å²) in [5.41, 5.74) is 5.74. The van der Waals surface area contributed by atoms with Crippen LogP contribution in [0.4, 0.5) is 5.69 Å². The maximum atomic E-state index is 12.1. The Hall–Kier alpha value is -1.78. The van der Waals surface area contributed by atoms with Gasteiger partial charge in [0.05, 0.1) is 23.8 Å². The molecule has 7 nitrogen and oxygen atoms in total. The number of aromatic nitrogens is 2. The summed E-state index contributed by atoms with van der Waals surface area (Å²) in [4.78, 5) is 22.9. The van der Waals surface area contributed by atoms with Crippen molar-refractivity contribution in [3.8, 4) is 5.75 Å². The van der Waals surface area contributed by atoms with Crippen LogP contribution in [0, 0.1) is 0 Å². The summed E-state index contributed by atoms with van der Waals surface area (Å²) in [6.07, 6.45) is 0.894. The van der Waals surface area contributed by atoms with Crippen molar-refractivity contribution in [2.24, 2.45) is 5.73 Å². The molecule has 3 N–H and O–H groups in total. The molecule has 0 aliphatic rings. The van der Waals surface area contributed by atoms with Crippen LogP contribution in [0.15, 0.2) is 32.9 Å². The predicted molar refractivity (Wildman–Crippen MR) is 101 cm³/mol. The number of ether oxygens (including phenoxy) is 1. The molecule has 0 aliphatic heterocycles. The molecular weight excluding hydrogens is 380 g/mol. The molecule has 0 saturated carbocycles. The molecule has 0 spiro atoms. The van der Waals surface area contributed by atoms with Gasteiger partial charge < -0.3 is 15.8 Å². The number of rotatable bonds is 10. The van der Waals surface area contributed by atoms with E-state index < -0.39 is 5.91 Å². The molecule has 0 saturated heterocycles. The van der Waals surface area contributed by atoms with Crippen LogP contribution in [0.5, 0.6) is 5.75 Å². The first-order chi connectivity index (χ1) is 12.1. The van der Waals surface area contributed by atoms with Gasteiger partial charge in [-0.1, -0.05) is 53.9 Å². The molecule has 2 amide bonds. The molecule has 0 radical (unpaired) electrons. The molecular formula is C15H18N4O3S3. The minimum absolute atomic E-state index is 0.154. The van der Waals surface area contributed by atoms with Crippen LogP contribution in [0.2, 0.25) is 0 Å². The maximum Gasteiger partial charge on any atom is 0.234 e. The smallest absolute Gasteiger partial charge is 0.234 e.